The predicted molar refractivity (Wildman–Crippen MR) is 132 cm³/mol. The van der Waals surface area contributed by atoms with Gasteiger partial charge in [0.25, 0.3) is 5.91 Å². The Morgan fingerprint density at radius 3 is 2.55 bits per heavy atom. The number of likely N-dealkylation sites (tertiary alicyclic amines) is 1. The molecule has 0 bridgehead atoms. The first-order valence-electron chi connectivity index (χ1n) is 11.3. The number of hydrogen-bond donors (Lipinski definition) is 2. The monoisotopic (exact) mass is 527 g/mol. The van der Waals surface area contributed by atoms with Gasteiger partial charge in [-0.2, -0.15) is 5.10 Å². The lowest BCUT2D eigenvalue weighted by atomic mass is 10.1. The molecule has 0 radical (unpaired) electrons. The van der Waals surface area contributed by atoms with Gasteiger partial charge in [-0.1, -0.05) is 12.5 Å². The molecule has 10 nitrogen and oxygen atoms in total. The van der Waals surface area contributed by atoms with Gasteiger partial charge in [0.15, 0.2) is 23.1 Å². The first kappa shape index (κ1) is 26.3. The maximum Gasteiger partial charge on any atom is 0.255 e. The topological polar surface area (TPSA) is 120 Å². The highest BCUT2D eigenvalue weighted by atomic mass is 19.2. The van der Waals surface area contributed by atoms with E-state index in [2.05, 4.69) is 33.8 Å². The number of imidazole rings is 1. The summed E-state index contributed by atoms with van der Waals surface area (Å²) in [6.07, 6.45) is 2.86. The molecule has 0 saturated carbocycles. The molecule has 198 valence electrons. The molecule has 3 aromatic rings. The smallest absolute Gasteiger partial charge is 0.255 e. The van der Waals surface area contributed by atoms with E-state index in [0.29, 0.717) is 12.1 Å². The van der Waals surface area contributed by atoms with E-state index < -0.39 is 35.0 Å². The zero-order valence-electron chi connectivity index (χ0n) is 21.0. The number of carbonyl (C=O) groups is 2. The van der Waals surface area contributed by atoms with Crippen molar-refractivity contribution in [3.05, 3.63) is 64.7 Å². The van der Waals surface area contributed by atoms with Crippen molar-refractivity contribution in [1.29, 1.82) is 0 Å². The predicted octanol–water partition coefficient (Wildman–Crippen LogP) is 2.48. The van der Waals surface area contributed by atoms with Gasteiger partial charge < -0.3 is 25.3 Å². The number of ether oxygens (including phenoxy) is 1. The number of allylic oxidation sites excluding steroid dienone is 1. The van der Waals surface area contributed by atoms with Gasteiger partial charge in [0.2, 0.25) is 5.91 Å². The summed E-state index contributed by atoms with van der Waals surface area (Å²) in [7, 11) is 4.40. The molecule has 4 rings (SSSR count). The molecule has 1 atom stereocenters. The highest BCUT2D eigenvalue weighted by Crippen LogP contribution is 2.34. The van der Waals surface area contributed by atoms with Gasteiger partial charge >= 0.3 is 0 Å². The standard InChI is InChI=1S/C25H24F3N7O3/c1-6-17(36)34-10-13(9-14(34)11-38-5)35-25(30-3)18(24(29)37)16(32-35)8-7-15-19(26)21(28)23-22(20(15)27)31-12(2)33(23)4/h6,11,13,30H,1,9-10H2,2-5H3,(H2,29,37)/b14-11+/t13-/m0/s1. The lowest BCUT2D eigenvalue weighted by Gasteiger charge is -2.16. The Kier molecular flexibility index (Phi) is 6.91. The molecule has 3 N–H and O–H groups in total. The van der Waals surface area contributed by atoms with Crippen molar-refractivity contribution in [2.24, 2.45) is 12.8 Å². The molecule has 3 heterocycles. The number of methoxy groups -OCH3 is 1. The Balaban J connectivity index is 1.85. The minimum atomic E-state index is -1.50. The van der Waals surface area contributed by atoms with Crippen LogP contribution in [0.2, 0.25) is 0 Å². The van der Waals surface area contributed by atoms with E-state index in [1.165, 1.54) is 48.5 Å². The summed E-state index contributed by atoms with van der Waals surface area (Å²) in [5.74, 6) is -0.0292. The molecule has 0 aliphatic carbocycles. The van der Waals surface area contributed by atoms with Crippen LogP contribution in [0.15, 0.2) is 24.6 Å². The van der Waals surface area contributed by atoms with Gasteiger partial charge in [-0.3, -0.25) is 9.59 Å². The highest BCUT2D eigenvalue weighted by molar-refractivity contribution is 6.00. The minimum Gasteiger partial charge on any atom is -0.503 e. The van der Waals surface area contributed by atoms with E-state index >= 15 is 4.39 Å². The van der Waals surface area contributed by atoms with Crippen LogP contribution in [0.5, 0.6) is 0 Å². The zero-order valence-corrected chi connectivity index (χ0v) is 21.0. The van der Waals surface area contributed by atoms with Crippen LogP contribution >= 0.6 is 0 Å². The Morgan fingerprint density at radius 2 is 1.95 bits per heavy atom. The Labute approximate surface area is 215 Å². The molecule has 13 heteroatoms. The van der Waals surface area contributed by atoms with Gasteiger partial charge in [0.1, 0.15) is 40.1 Å². The SMILES string of the molecule is C=CC(=O)N1C[C@@H](n2nc(C#Cc3c(F)c(F)c4c(nc(C)n4C)c3F)c(C(N)=O)c2NC)C/C1=C\OC. The molecule has 2 aromatic heterocycles. The normalized spacial score (nSPS) is 16.0. The number of anilines is 1. The lowest BCUT2D eigenvalue weighted by Crippen LogP contribution is -2.27. The van der Waals surface area contributed by atoms with Crippen molar-refractivity contribution in [2.75, 3.05) is 26.0 Å². The molecule has 1 aromatic carbocycles. The number of halogens is 3. The molecule has 38 heavy (non-hydrogen) atoms. The number of nitrogens with one attached hydrogen (secondary N) is 1. The third-order valence-electron chi connectivity index (χ3n) is 6.29. The van der Waals surface area contributed by atoms with Crippen LogP contribution < -0.4 is 11.1 Å². The summed E-state index contributed by atoms with van der Waals surface area (Å²) < 4.78 is 52.5. The number of nitrogens with two attached hydrogens (primary N) is 1. The number of hydrogen-bond acceptors (Lipinski definition) is 6. The van der Waals surface area contributed by atoms with E-state index in [9.17, 15) is 18.4 Å². The largest absolute Gasteiger partial charge is 0.503 e. The fourth-order valence-electron chi connectivity index (χ4n) is 4.43. The van der Waals surface area contributed by atoms with Crippen molar-refractivity contribution in [1.82, 2.24) is 24.2 Å². The van der Waals surface area contributed by atoms with Crippen LogP contribution in [0, 0.1) is 36.2 Å². The average molecular weight is 528 g/mol. The molecule has 0 unspecified atom stereocenters. The molecule has 0 spiro atoms. The number of nitrogens with zero attached hydrogens (tertiary/aromatic N) is 5. The van der Waals surface area contributed by atoms with E-state index in [4.69, 9.17) is 10.5 Å². The van der Waals surface area contributed by atoms with Crippen molar-refractivity contribution in [3.8, 4) is 11.8 Å². The van der Waals surface area contributed by atoms with Crippen molar-refractivity contribution in [3.63, 3.8) is 0 Å². The number of rotatable bonds is 5. The van der Waals surface area contributed by atoms with Crippen LogP contribution in [0.4, 0.5) is 19.0 Å². The summed E-state index contributed by atoms with van der Waals surface area (Å²) in [5.41, 5.74) is 4.24. The Morgan fingerprint density at radius 1 is 1.24 bits per heavy atom. The molecular weight excluding hydrogens is 503 g/mol. The van der Waals surface area contributed by atoms with Crippen molar-refractivity contribution in [2.45, 2.75) is 19.4 Å². The second-order valence-electron chi connectivity index (χ2n) is 8.47. The maximum atomic E-state index is 15.2. The summed E-state index contributed by atoms with van der Waals surface area (Å²) in [6, 6.07) is -0.477. The number of carbonyl (C=O) groups excluding carboxylic acids is 2. The number of aryl methyl sites for hydroxylation is 2. The number of amides is 2. The second-order valence-corrected chi connectivity index (χ2v) is 8.47. The average Bonchev–Trinajstić information content (AvgIpc) is 3.56. The Bertz CT molecular complexity index is 1590. The fraction of sp³-hybridized carbons (Fsp3) is 0.280. The van der Waals surface area contributed by atoms with Gasteiger partial charge in [-0.05, 0) is 18.9 Å². The van der Waals surface area contributed by atoms with Crippen LogP contribution in [-0.4, -0.2) is 56.7 Å². The van der Waals surface area contributed by atoms with Gasteiger partial charge in [-0.25, -0.2) is 22.8 Å². The van der Waals surface area contributed by atoms with Crippen LogP contribution in [0.3, 0.4) is 0 Å². The van der Waals surface area contributed by atoms with Crippen molar-refractivity contribution < 1.29 is 27.5 Å². The Hall–Kier alpha value is -4.73. The summed E-state index contributed by atoms with van der Waals surface area (Å²) >= 11 is 0. The van der Waals surface area contributed by atoms with E-state index in [-0.39, 0.29) is 46.4 Å². The third kappa shape index (κ3) is 4.13. The van der Waals surface area contributed by atoms with E-state index in [0.717, 1.165) is 6.08 Å². The van der Waals surface area contributed by atoms with E-state index in [1.807, 2.05) is 0 Å². The van der Waals surface area contributed by atoms with Gasteiger partial charge in [0, 0.05) is 27.1 Å². The minimum absolute atomic E-state index is 0.137. The summed E-state index contributed by atoms with van der Waals surface area (Å²) in [6.45, 7) is 5.18. The van der Waals surface area contributed by atoms with E-state index in [1.54, 1.807) is 0 Å². The number of fused-ring (bicyclic) bond motifs is 1. The molecule has 1 aliphatic rings. The number of primary amides is 1. The first-order chi connectivity index (χ1) is 18.0. The van der Waals surface area contributed by atoms with Crippen LogP contribution in [-0.2, 0) is 16.6 Å². The van der Waals surface area contributed by atoms with Crippen molar-refractivity contribution >= 4 is 28.7 Å². The molecule has 1 saturated heterocycles. The van der Waals surface area contributed by atoms with Gasteiger partial charge in [-0.15, -0.1) is 0 Å². The fourth-order valence-corrected chi connectivity index (χ4v) is 4.43. The zero-order chi connectivity index (χ0) is 27.9. The summed E-state index contributed by atoms with van der Waals surface area (Å²) in [4.78, 5) is 30.1. The first-order valence-corrected chi connectivity index (χ1v) is 11.3. The number of benzene rings is 1. The highest BCUT2D eigenvalue weighted by Gasteiger charge is 2.35. The van der Waals surface area contributed by atoms with Crippen LogP contribution in [0.1, 0.15) is 39.9 Å². The lowest BCUT2D eigenvalue weighted by molar-refractivity contribution is -0.123. The molecular formula is C25H24F3N7O3. The van der Waals surface area contributed by atoms with Crippen LogP contribution in [0.25, 0.3) is 11.0 Å². The van der Waals surface area contributed by atoms with Gasteiger partial charge in [0.05, 0.1) is 18.8 Å². The number of aromatic nitrogens is 4. The molecule has 1 aliphatic heterocycles. The molecule has 2 amide bonds. The maximum absolute atomic E-state index is 15.2. The molecule has 1 fully saturated rings. The second kappa shape index (κ2) is 9.97. The summed E-state index contributed by atoms with van der Waals surface area (Å²) in [5, 5.41) is 7.21. The quantitative estimate of drug-likeness (QED) is 0.228. The third-order valence-corrected chi connectivity index (χ3v) is 6.29.